The Hall–Kier alpha value is -0.690. The molecule has 108 valence electrons. The first-order chi connectivity index (χ1) is 8.52. The van der Waals surface area contributed by atoms with Gasteiger partial charge in [-0.05, 0) is 20.8 Å². The molecule has 1 aliphatic rings. The van der Waals surface area contributed by atoms with Crippen molar-refractivity contribution in [2.45, 2.75) is 32.9 Å². The third-order valence-electron chi connectivity index (χ3n) is 2.87. The minimum absolute atomic E-state index is 0. The maximum atomic E-state index is 11.9. The summed E-state index contributed by atoms with van der Waals surface area (Å²) in [6.07, 6.45) is 0. The molecule has 0 saturated carbocycles. The number of hydrogen-bond acceptors (Lipinski definition) is 5. The standard InChI is InChI=1S/C12H20N4OS.ClH/c1-8-4-16(5-9(2)13-8)6-11(17)15-12-14-10(3)7-18-12;/h7-9,13H,4-6H2,1-3H3,(H,14,15,17);1H. The molecule has 5 nitrogen and oxygen atoms in total. The summed E-state index contributed by atoms with van der Waals surface area (Å²) >= 11 is 1.47. The van der Waals surface area contributed by atoms with Crippen LogP contribution in [0, 0.1) is 6.92 Å². The maximum absolute atomic E-state index is 11.9. The number of anilines is 1. The summed E-state index contributed by atoms with van der Waals surface area (Å²) in [6.45, 7) is 8.47. The normalized spacial score (nSPS) is 23.7. The molecular formula is C12H21ClN4OS. The molecule has 1 aromatic rings. The smallest absolute Gasteiger partial charge is 0.240 e. The van der Waals surface area contributed by atoms with Crippen LogP contribution in [0.2, 0.25) is 0 Å². The predicted octanol–water partition coefficient (Wildman–Crippen LogP) is 1.49. The van der Waals surface area contributed by atoms with Gasteiger partial charge in [-0.3, -0.25) is 9.69 Å². The van der Waals surface area contributed by atoms with E-state index in [1.54, 1.807) is 0 Å². The zero-order chi connectivity index (χ0) is 13.1. The van der Waals surface area contributed by atoms with Crippen LogP contribution in [-0.2, 0) is 4.79 Å². The number of hydrogen-bond donors (Lipinski definition) is 2. The predicted molar refractivity (Wildman–Crippen MR) is 81.2 cm³/mol. The van der Waals surface area contributed by atoms with E-state index in [1.807, 2.05) is 12.3 Å². The first-order valence-corrected chi connectivity index (χ1v) is 7.11. The zero-order valence-corrected chi connectivity index (χ0v) is 13.1. The van der Waals surface area contributed by atoms with Crippen molar-refractivity contribution in [1.29, 1.82) is 0 Å². The Morgan fingerprint density at radius 2 is 2.16 bits per heavy atom. The minimum atomic E-state index is 0. The van der Waals surface area contributed by atoms with E-state index in [2.05, 4.69) is 34.4 Å². The highest BCUT2D eigenvalue weighted by atomic mass is 35.5. The average molecular weight is 305 g/mol. The van der Waals surface area contributed by atoms with Crippen LogP contribution < -0.4 is 10.6 Å². The molecule has 7 heteroatoms. The Morgan fingerprint density at radius 1 is 1.53 bits per heavy atom. The summed E-state index contributed by atoms with van der Waals surface area (Å²) < 4.78 is 0. The first-order valence-electron chi connectivity index (χ1n) is 6.23. The lowest BCUT2D eigenvalue weighted by atomic mass is 10.1. The van der Waals surface area contributed by atoms with Crippen LogP contribution in [0.4, 0.5) is 5.13 Å². The fourth-order valence-corrected chi connectivity index (χ4v) is 3.05. The molecular weight excluding hydrogens is 284 g/mol. The van der Waals surface area contributed by atoms with Crippen LogP contribution in [0.1, 0.15) is 19.5 Å². The van der Waals surface area contributed by atoms with Crippen molar-refractivity contribution >= 4 is 34.8 Å². The molecule has 0 radical (unpaired) electrons. The topological polar surface area (TPSA) is 57.3 Å². The van der Waals surface area contributed by atoms with Gasteiger partial charge in [-0.25, -0.2) is 4.98 Å². The molecule has 0 aromatic carbocycles. The lowest BCUT2D eigenvalue weighted by Crippen LogP contribution is -2.55. The highest BCUT2D eigenvalue weighted by Gasteiger charge is 2.22. The van der Waals surface area contributed by atoms with Crippen LogP contribution in [0.15, 0.2) is 5.38 Å². The minimum Gasteiger partial charge on any atom is -0.309 e. The fourth-order valence-electron chi connectivity index (χ4n) is 2.34. The summed E-state index contributed by atoms with van der Waals surface area (Å²) in [5.41, 5.74) is 0.944. The van der Waals surface area contributed by atoms with E-state index in [0.717, 1.165) is 18.8 Å². The molecule has 0 bridgehead atoms. The summed E-state index contributed by atoms with van der Waals surface area (Å²) in [5, 5.41) is 8.92. The van der Waals surface area contributed by atoms with Crippen LogP contribution in [-0.4, -0.2) is 47.5 Å². The first kappa shape index (κ1) is 16.4. The van der Waals surface area contributed by atoms with Crippen molar-refractivity contribution in [3.63, 3.8) is 0 Å². The van der Waals surface area contributed by atoms with Crippen LogP contribution in [0.25, 0.3) is 0 Å². The van der Waals surface area contributed by atoms with Crippen molar-refractivity contribution in [2.75, 3.05) is 25.0 Å². The van der Waals surface area contributed by atoms with Crippen molar-refractivity contribution in [3.05, 3.63) is 11.1 Å². The molecule has 2 heterocycles. The molecule has 2 unspecified atom stereocenters. The highest BCUT2D eigenvalue weighted by molar-refractivity contribution is 7.13. The quantitative estimate of drug-likeness (QED) is 0.888. The lowest BCUT2D eigenvalue weighted by molar-refractivity contribution is -0.117. The lowest BCUT2D eigenvalue weighted by Gasteiger charge is -2.35. The SMILES string of the molecule is Cc1csc(NC(=O)CN2CC(C)NC(C)C2)n1.Cl. The highest BCUT2D eigenvalue weighted by Crippen LogP contribution is 2.14. The summed E-state index contributed by atoms with van der Waals surface area (Å²) in [6, 6.07) is 0.868. The fraction of sp³-hybridized carbons (Fsp3) is 0.667. The molecule has 0 aliphatic carbocycles. The third-order valence-corrected chi connectivity index (χ3v) is 3.74. The largest absolute Gasteiger partial charge is 0.309 e. The van der Waals surface area contributed by atoms with E-state index >= 15 is 0 Å². The number of amides is 1. The Morgan fingerprint density at radius 3 is 2.68 bits per heavy atom. The van der Waals surface area contributed by atoms with E-state index in [1.165, 1.54) is 11.3 Å². The number of aromatic nitrogens is 1. The van der Waals surface area contributed by atoms with Crippen LogP contribution in [0.5, 0.6) is 0 Å². The van der Waals surface area contributed by atoms with Gasteiger partial charge in [0, 0.05) is 30.6 Å². The van der Waals surface area contributed by atoms with Crippen molar-refractivity contribution in [2.24, 2.45) is 0 Å². The number of carbonyl (C=O) groups is 1. The van der Waals surface area contributed by atoms with Gasteiger partial charge < -0.3 is 10.6 Å². The summed E-state index contributed by atoms with van der Waals surface area (Å²) in [7, 11) is 0. The molecule has 2 rings (SSSR count). The number of halogens is 1. The van der Waals surface area contributed by atoms with Gasteiger partial charge in [0.2, 0.25) is 5.91 Å². The molecule has 1 fully saturated rings. The summed E-state index contributed by atoms with van der Waals surface area (Å²) in [4.78, 5) is 18.3. The molecule has 1 aliphatic heterocycles. The maximum Gasteiger partial charge on any atom is 0.240 e. The van der Waals surface area contributed by atoms with Gasteiger partial charge in [-0.1, -0.05) is 0 Å². The van der Waals surface area contributed by atoms with Gasteiger partial charge >= 0.3 is 0 Å². The van der Waals surface area contributed by atoms with E-state index in [-0.39, 0.29) is 18.3 Å². The number of aryl methyl sites for hydroxylation is 1. The number of carbonyl (C=O) groups excluding carboxylic acids is 1. The summed E-state index contributed by atoms with van der Waals surface area (Å²) in [5.74, 6) is 0.0191. The molecule has 19 heavy (non-hydrogen) atoms. The number of thiazole rings is 1. The van der Waals surface area contributed by atoms with E-state index < -0.39 is 0 Å². The second-order valence-electron chi connectivity index (χ2n) is 5.01. The van der Waals surface area contributed by atoms with Gasteiger partial charge in [0.1, 0.15) is 0 Å². The number of piperazine rings is 1. The van der Waals surface area contributed by atoms with Gasteiger partial charge in [0.25, 0.3) is 0 Å². The average Bonchev–Trinajstić information content (AvgIpc) is 2.61. The van der Waals surface area contributed by atoms with E-state index in [0.29, 0.717) is 23.8 Å². The molecule has 2 atom stereocenters. The van der Waals surface area contributed by atoms with Crippen molar-refractivity contribution in [3.8, 4) is 0 Å². The van der Waals surface area contributed by atoms with Crippen LogP contribution in [0.3, 0.4) is 0 Å². The van der Waals surface area contributed by atoms with Gasteiger partial charge in [-0.2, -0.15) is 0 Å². The number of nitrogens with one attached hydrogen (secondary N) is 2. The molecule has 1 amide bonds. The van der Waals surface area contributed by atoms with Crippen molar-refractivity contribution < 1.29 is 4.79 Å². The molecule has 1 saturated heterocycles. The molecule has 1 aromatic heterocycles. The Balaban J connectivity index is 0.00000180. The molecule has 2 N–H and O–H groups in total. The Kier molecular flexibility index (Phi) is 6.19. The molecule has 0 spiro atoms. The van der Waals surface area contributed by atoms with E-state index in [9.17, 15) is 4.79 Å². The second-order valence-corrected chi connectivity index (χ2v) is 5.86. The third kappa shape index (κ3) is 5.06. The number of rotatable bonds is 3. The van der Waals surface area contributed by atoms with Gasteiger partial charge in [-0.15, -0.1) is 23.7 Å². The van der Waals surface area contributed by atoms with Gasteiger partial charge in [0.05, 0.1) is 12.2 Å². The number of nitrogens with zero attached hydrogens (tertiary/aromatic N) is 2. The van der Waals surface area contributed by atoms with Crippen LogP contribution >= 0.6 is 23.7 Å². The van der Waals surface area contributed by atoms with Crippen molar-refractivity contribution in [1.82, 2.24) is 15.2 Å². The monoisotopic (exact) mass is 304 g/mol. The van der Waals surface area contributed by atoms with Gasteiger partial charge in [0.15, 0.2) is 5.13 Å². The Bertz CT molecular complexity index is 416. The second kappa shape index (κ2) is 7.19. The Labute approximate surface area is 124 Å². The zero-order valence-electron chi connectivity index (χ0n) is 11.5. The van der Waals surface area contributed by atoms with E-state index in [4.69, 9.17) is 0 Å².